The van der Waals surface area contributed by atoms with Crippen molar-refractivity contribution in [2.75, 3.05) is 11.9 Å². The van der Waals surface area contributed by atoms with Gasteiger partial charge in [0.05, 0.1) is 39.5 Å². The summed E-state index contributed by atoms with van der Waals surface area (Å²) in [4.78, 5) is 39.2. The summed E-state index contributed by atoms with van der Waals surface area (Å²) < 4.78 is 13.0. The molecule has 4 aromatic carbocycles. The van der Waals surface area contributed by atoms with Crippen molar-refractivity contribution in [1.29, 1.82) is 0 Å². The molecule has 5 rings (SSSR count). The van der Waals surface area contributed by atoms with E-state index in [1.165, 1.54) is 12.1 Å². The minimum Gasteiger partial charge on any atom is -0.462 e. The predicted molar refractivity (Wildman–Crippen MR) is 160 cm³/mol. The Kier molecular flexibility index (Phi) is 8.10. The molecule has 0 atom stereocenters. The van der Waals surface area contributed by atoms with E-state index in [-0.39, 0.29) is 34.2 Å². The van der Waals surface area contributed by atoms with Crippen molar-refractivity contribution in [2.45, 2.75) is 13.8 Å². The van der Waals surface area contributed by atoms with Crippen LogP contribution < -0.4 is 10.1 Å². The molecule has 0 aliphatic rings. The van der Waals surface area contributed by atoms with Gasteiger partial charge in [0.2, 0.25) is 0 Å². The molecule has 0 fully saturated rings. The Morgan fingerprint density at radius 3 is 2.29 bits per heavy atom. The van der Waals surface area contributed by atoms with E-state index in [1.54, 1.807) is 55.5 Å². The fourth-order valence-electron chi connectivity index (χ4n) is 4.63. The molecule has 1 amide bonds. The van der Waals surface area contributed by atoms with Crippen LogP contribution in [0, 0.1) is 6.92 Å². The van der Waals surface area contributed by atoms with E-state index < -0.39 is 17.8 Å². The van der Waals surface area contributed by atoms with Crippen LogP contribution in [-0.4, -0.2) is 29.0 Å². The van der Waals surface area contributed by atoms with Crippen LogP contribution in [0.1, 0.15) is 43.7 Å². The van der Waals surface area contributed by atoms with Gasteiger partial charge in [-0.2, -0.15) is 0 Å². The summed E-state index contributed by atoms with van der Waals surface area (Å²) >= 11 is 12.1. The van der Waals surface area contributed by atoms with Crippen LogP contribution >= 0.6 is 23.2 Å². The molecule has 5 aromatic rings. The van der Waals surface area contributed by atoms with E-state index in [2.05, 4.69) is 5.32 Å². The fraction of sp³-hybridized carbons (Fsp3) is 0.0938. The van der Waals surface area contributed by atoms with Gasteiger partial charge >= 0.3 is 11.9 Å². The zero-order valence-corrected chi connectivity index (χ0v) is 23.6. The van der Waals surface area contributed by atoms with Gasteiger partial charge in [-0.15, -0.1) is 0 Å². The zero-order valence-electron chi connectivity index (χ0n) is 22.1. The fourth-order valence-corrected chi connectivity index (χ4v) is 5.12. The Balaban J connectivity index is 1.48. The third-order valence-corrected chi connectivity index (χ3v) is 7.00. The van der Waals surface area contributed by atoms with Crippen LogP contribution in [-0.2, 0) is 4.74 Å². The van der Waals surface area contributed by atoms with Gasteiger partial charge in [-0.1, -0.05) is 53.5 Å². The number of esters is 2. The van der Waals surface area contributed by atoms with E-state index in [4.69, 9.17) is 32.7 Å². The van der Waals surface area contributed by atoms with Crippen LogP contribution in [0.25, 0.3) is 16.6 Å². The molecule has 1 aromatic heterocycles. The number of nitrogens with zero attached hydrogens (tertiary/aromatic N) is 1. The van der Waals surface area contributed by atoms with Gasteiger partial charge in [0, 0.05) is 21.8 Å². The van der Waals surface area contributed by atoms with Gasteiger partial charge in [0.1, 0.15) is 5.75 Å². The van der Waals surface area contributed by atoms with E-state index in [9.17, 15) is 14.4 Å². The summed E-state index contributed by atoms with van der Waals surface area (Å²) in [5.74, 6) is -1.45. The second-order valence-corrected chi connectivity index (χ2v) is 9.89. The number of aromatic nitrogens is 1. The van der Waals surface area contributed by atoms with Gasteiger partial charge in [-0.25, -0.2) is 9.59 Å². The van der Waals surface area contributed by atoms with E-state index >= 15 is 0 Å². The standard InChI is InChI=1S/C32H24Cl2N2O5/c1-3-40-32(39)29-19(2)36(21-9-5-4-6-10-21)28-16-14-22(18-25(28)29)41-31(38)24-11-7-8-12-27(24)35-30(37)23-15-13-20(33)17-26(23)34/h4-18H,3H2,1-2H3,(H,35,37). The second-order valence-electron chi connectivity index (χ2n) is 9.04. The van der Waals surface area contributed by atoms with Gasteiger partial charge in [-0.05, 0) is 74.5 Å². The highest BCUT2D eigenvalue weighted by Gasteiger charge is 2.23. The van der Waals surface area contributed by atoms with E-state index in [1.807, 2.05) is 41.8 Å². The van der Waals surface area contributed by atoms with Crippen LogP contribution in [0.4, 0.5) is 5.69 Å². The smallest absolute Gasteiger partial charge is 0.345 e. The maximum absolute atomic E-state index is 13.3. The number of hydrogen-bond acceptors (Lipinski definition) is 5. The number of amides is 1. The van der Waals surface area contributed by atoms with Crippen molar-refractivity contribution in [3.63, 3.8) is 0 Å². The van der Waals surface area contributed by atoms with Crippen molar-refractivity contribution in [1.82, 2.24) is 4.57 Å². The monoisotopic (exact) mass is 586 g/mol. The molecule has 0 spiro atoms. The van der Waals surface area contributed by atoms with Crippen LogP contribution in [0.5, 0.6) is 5.75 Å². The second kappa shape index (κ2) is 11.9. The lowest BCUT2D eigenvalue weighted by molar-refractivity contribution is 0.0527. The van der Waals surface area contributed by atoms with Crippen molar-refractivity contribution in [3.05, 3.63) is 123 Å². The molecule has 41 heavy (non-hydrogen) atoms. The Morgan fingerprint density at radius 2 is 1.56 bits per heavy atom. The van der Waals surface area contributed by atoms with E-state index in [0.29, 0.717) is 21.7 Å². The highest BCUT2D eigenvalue weighted by Crippen LogP contribution is 2.33. The first kappa shape index (κ1) is 28.0. The summed E-state index contributed by atoms with van der Waals surface area (Å²) in [6.07, 6.45) is 0. The SMILES string of the molecule is CCOC(=O)c1c(C)n(-c2ccccc2)c2ccc(OC(=O)c3ccccc3NC(=O)c3ccc(Cl)cc3Cl)cc12. The van der Waals surface area contributed by atoms with Gasteiger partial charge in [0.25, 0.3) is 5.91 Å². The molecule has 0 radical (unpaired) electrons. The maximum atomic E-state index is 13.3. The van der Waals surface area contributed by atoms with Crippen LogP contribution in [0.15, 0.2) is 91.0 Å². The Hall–Kier alpha value is -4.59. The largest absolute Gasteiger partial charge is 0.462 e. The number of ether oxygens (including phenoxy) is 2. The number of halogens is 2. The zero-order chi connectivity index (χ0) is 29.1. The van der Waals surface area contributed by atoms with Gasteiger partial charge in [0.15, 0.2) is 0 Å². The third kappa shape index (κ3) is 5.68. The lowest BCUT2D eigenvalue weighted by Gasteiger charge is -2.12. The predicted octanol–water partition coefficient (Wildman–Crippen LogP) is 7.89. The maximum Gasteiger partial charge on any atom is 0.345 e. The minimum atomic E-state index is -0.695. The number of fused-ring (bicyclic) bond motifs is 1. The molecule has 9 heteroatoms. The van der Waals surface area contributed by atoms with Crippen LogP contribution in [0.2, 0.25) is 10.0 Å². The van der Waals surface area contributed by atoms with Crippen molar-refractivity contribution in [3.8, 4) is 11.4 Å². The molecule has 0 saturated carbocycles. The number of nitrogens with one attached hydrogen (secondary N) is 1. The Bertz CT molecular complexity index is 1800. The van der Waals surface area contributed by atoms with Gasteiger partial charge < -0.3 is 19.4 Å². The minimum absolute atomic E-state index is 0.134. The number of benzene rings is 4. The number of anilines is 1. The van der Waals surface area contributed by atoms with Crippen molar-refractivity contribution in [2.24, 2.45) is 0 Å². The normalized spacial score (nSPS) is 10.8. The third-order valence-electron chi connectivity index (χ3n) is 6.45. The lowest BCUT2D eigenvalue weighted by atomic mass is 10.1. The molecule has 0 unspecified atom stereocenters. The van der Waals surface area contributed by atoms with Gasteiger partial charge in [-0.3, -0.25) is 4.79 Å². The molecule has 0 bridgehead atoms. The highest BCUT2D eigenvalue weighted by atomic mass is 35.5. The molecule has 1 heterocycles. The first-order chi connectivity index (χ1) is 19.8. The average Bonchev–Trinajstić information content (AvgIpc) is 3.24. The summed E-state index contributed by atoms with van der Waals surface area (Å²) in [6.45, 7) is 3.80. The number of rotatable bonds is 7. The topological polar surface area (TPSA) is 86.6 Å². The molecule has 1 N–H and O–H groups in total. The number of para-hydroxylation sites is 2. The molecular formula is C32H24Cl2N2O5. The quantitative estimate of drug-likeness (QED) is 0.155. The number of carbonyl (C=O) groups excluding carboxylic acids is 3. The molecule has 0 aliphatic carbocycles. The molecule has 0 aliphatic heterocycles. The van der Waals surface area contributed by atoms with Crippen LogP contribution in [0.3, 0.4) is 0 Å². The summed E-state index contributed by atoms with van der Waals surface area (Å²) in [5, 5.41) is 3.87. The first-order valence-electron chi connectivity index (χ1n) is 12.7. The summed E-state index contributed by atoms with van der Waals surface area (Å²) in [7, 11) is 0. The van der Waals surface area contributed by atoms with Crippen molar-refractivity contribution < 1.29 is 23.9 Å². The number of carbonyl (C=O) groups is 3. The average molecular weight is 587 g/mol. The lowest BCUT2D eigenvalue weighted by Crippen LogP contribution is -2.17. The molecule has 7 nitrogen and oxygen atoms in total. The molecule has 206 valence electrons. The Morgan fingerprint density at radius 1 is 0.829 bits per heavy atom. The molecular weight excluding hydrogens is 563 g/mol. The van der Waals surface area contributed by atoms with Crippen molar-refractivity contribution >= 4 is 57.6 Å². The summed E-state index contributed by atoms with van der Waals surface area (Å²) in [5.41, 5.74) is 3.29. The highest BCUT2D eigenvalue weighted by molar-refractivity contribution is 6.37. The number of hydrogen-bond donors (Lipinski definition) is 1. The molecule has 0 saturated heterocycles. The summed E-state index contributed by atoms with van der Waals surface area (Å²) in [6, 6.07) is 25.7. The Labute approximate surface area is 246 Å². The van der Waals surface area contributed by atoms with E-state index in [0.717, 1.165) is 11.2 Å². The first-order valence-corrected chi connectivity index (χ1v) is 13.5.